The molecule has 0 aliphatic heterocycles. The van der Waals surface area contributed by atoms with Crippen molar-refractivity contribution in [1.82, 2.24) is 48.6 Å². The minimum Gasteiger partial charge on any atom is -0.455 e. The summed E-state index contributed by atoms with van der Waals surface area (Å²) in [6, 6.07) is 161. The smallest absolute Gasteiger partial charge is 0.235 e. The standard InChI is InChI=1S/C43H31N3.C40H27N3.C39H24N4O/c1-43(2)36-19-11-9-17-32(36)34-25-35-33-18-10-12-20-40(33)46(41(35)26-37(34)43)31-23-21-30(22-24-31)42-44-38(28-13-5-3-6-14-28)27-39(45-42)29-15-7-4-8-16-29;1-3-11-28(12-4-1)30-19-23-32(24-20-30)36-27-37(33-25-21-31(22-26-33)29-13-5-2-6-14-29)42-40(41-36)43-38-17-9-7-15-34(38)35-16-8-10-18-39(35)43;1-3-12-25(13-4-1)37-40-38(26-14-5-2-6-15-26)42-39(41-37)27-16-11-17-28(24-27)43-32-20-9-7-19-31(32)35-33(43)23-22-30-29-18-8-10-21-34(29)44-36(30)35/h3-27H,1-2H3;1-27H;1-24H. The van der Waals surface area contributed by atoms with E-state index in [1.54, 1.807) is 0 Å². The molecular formula is C122H82N10O. The molecule has 0 atom stereocenters. The molecule has 25 aromatic rings. The van der Waals surface area contributed by atoms with Gasteiger partial charge in [-0.15, -0.1) is 0 Å². The lowest BCUT2D eigenvalue weighted by Gasteiger charge is -2.21. The van der Waals surface area contributed by atoms with Crippen LogP contribution in [0.4, 0.5) is 0 Å². The van der Waals surface area contributed by atoms with Gasteiger partial charge in [-0.3, -0.25) is 4.57 Å². The van der Waals surface area contributed by atoms with Gasteiger partial charge < -0.3 is 13.6 Å². The maximum Gasteiger partial charge on any atom is 0.235 e. The second-order valence-electron chi connectivity index (χ2n) is 34.2. The number of fused-ring (bicyclic) bond motifs is 16. The summed E-state index contributed by atoms with van der Waals surface area (Å²) in [6.07, 6.45) is 0. The Morgan fingerprint density at radius 3 is 1.11 bits per heavy atom. The van der Waals surface area contributed by atoms with E-state index in [4.69, 9.17) is 39.3 Å². The van der Waals surface area contributed by atoms with Crippen LogP contribution in [0.25, 0.3) is 229 Å². The molecule has 0 bridgehead atoms. The normalized spacial score (nSPS) is 12.0. The molecule has 0 radical (unpaired) electrons. The molecule has 11 nitrogen and oxygen atoms in total. The molecule has 26 rings (SSSR count). The van der Waals surface area contributed by atoms with Crippen molar-refractivity contribution >= 4 is 87.4 Å². The molecule has 0 saturated heterocycles. The number of para-hydroxylation sites is 5. The number of furan rings is 1. The van der Waals surface area contributed by atoms with Crippen LogP contribution >= 0.6 is 0 Å². The zero-order chi connectivity index (χ0) is 88.5. The lowest BCUT2D eigenvalue weighted by Crippen LogP contribution is -2.14. The van der Waals surface area contributed by atoms with E-state index >= 15 is 0 Å². The Morgan fingerprint density at radius 1 is 0.203 bits per heavy atom. The summed E-state index contributed by atoms with van der Waals surface area (Å²) in [5.74, 6) is 3.28. The van der Waals surface area contributed by atoms with Crippen LogP contribution in [0.15, 0.2) is 465 Å². The van der Waals surface area contributed by atoms with Crippen LogP contribution in [0.1, 0.15) is 25.0 Å². The largest absolute Gasteiger partial charge is 0.455 e. The predicted molar refractivity (Wildman–Crippen MR) is 546 cm³/mol. The van der Waals surface area contributed by atoms with Gasteiger partial charge in [0, 0.05) is 99.0 Å². The lowest BCUT2D eigenvalue weighted by atomic mass is 9.82. The van der Waals surface area contributed by atoms with Crippen LogP contribution in [0.5, 0.6) is 0 Å². The van der Waals surface area contributed by atoms with Crippen LogP contribution in [0, 0.1) is 0 Å². The van der Waals surface area contributed by atoms with Crippen molar-refractivity contribution in [2.45, 2.75) is 19.3 Å². The summed E-state index contributed by atoms with van der Waals surface area (Å²) in [5, 5.41) is 9.42. The second-order valence-corrected chi connectivity index (χ2v) is 34.2. The maximum absolute atomic E-state index is 6.49. The van der Waals surface area contributed by atoms with Gasteiger partial charge in [0.2, 0.25) is 5.95 Å². The van der Waals surface area contributed by atoms with E-state index in [9.17, 15) is 0 Å². The van der Waals surface area contributed by atoms with Gasteiger partial charge in [-0.05, 0) is 148 Å². The van der Waals surface area contributed by atoms with Crippen molar-refractivity contribution < 1.29 is 4.42 Å². The number of hydrogen-bond acceptors (Lipinski definition) is 8. The molecule has 0 saturated carbocycles. The molecule has 0 spiro atoms. The fourth-order valence-electron chi connectivity index (χ4n) is 19.4. The number of hydrogen-bond donors (Lipinski definition) is 0. The van der Waals surface area contributed by atoms with Gasteiger partial charge in [0.15, 0.2) is 23.3 Å². The minimum atomic E-state index is -0.0666. The highest BCUT2D eigenvalue weighted by Gasteiger charge is 2.36. The zero-order valence-electron chi connectivity index (χ0n) is 72.8. The highest BCUT2D eigenvalue weighted by molar-refractivity contribution is 6.24. The van der Waals surface area contributed by atoms with Crippen molar-refractivity contribution in [2.24, 2.45) is 0 Å². The number of nitrogens with zero attached hydrogens (tertiary/aromatic N) is 10. The van der Waals surface area contributed by atoms with E-state index < -0.39 is 0 Å². The molecule has 7 aromatic heterocycles. The van der Waals surface area contributed by atoms with Crippen molar-refractivity contribution in [3.8, 4) is 141 Å². The first-order chi connectivity index (χ1) is 65.7. The molecule has 1 aliphatic rings. The van der Waals surface area contributed by atoms with Crippen LogP contribution in [-0.4, -0.2) is 48.6 Å². The van der Waals surface area contributed by atoms with Gasteiger partial charge >= 0.3 is 0 Å². The molecule has 1 aliphatic carbocycles. The first kappa shape index (κ1) is 78.8. The first-order valence-electron chi connectivity index (χ1n) is 45.0. The van der Waals surface area contributed by atoms with Crippen LogP contribution in [0.2, 0.25) is 0 Å². The fraction of sp³-hybridized carbons (Fsp3) is 0.0246. The Balaban J connectivity index is 0.000000110. The third-order valence-corrected chi connectivity index (χ3v) is 25.9. The quantitative estimate of drug-likeness (QED) is 0.112. The Kier molecular flexibility index (Phi) is 19.7. The number of rotatable bonds is 13. The zero-order valence-corrected chi connectivity index (χ0v) is 72.8. The first-order valence-corrected chi connectivity index (χ1v) is 45.0. The van der Waals surface area contributed by atoms with E-state index in [0.29, 0.717) is 29.2 Å². The van der Waals surface area contributed by atoms with Crippen LogP contribution < -0.4 is 0 Å². The Morgan fingerprint density at radius 2 is 0.571 bits per heavy atom. The Labute approximate surface area is 767 Å². The average Bonchev–Trinajstić information content (AvgIpc) is 1.36. The fourth-order valence-corrected chi connectivity index (χ4v) is 19.4. The topological polar surface area (TPSA) is 118 Å². The van der Waals surface area contributed by atoms with E-state index in [1.165, 1.54) is 77.1 Å². The molecule has 133 heavy (non-hydrogen) atoms. The lowest BCUT2D eigenvalue weighted by molar-refractivity contribution is 0.661. The summed E-state index contributed by atoms with van der Waals surface area (Å²) >= 11 is 0. The summed E-state index contributed by atoms with van der Waals surface area (Å²) in [4.78, 5) is 35.3. The minimum absolute atomic E-state index is 0.0666. The predicted octanol–water partition coefficient (Wildman–Crippen LogP) is 31.0. The molecule has 0 fully saturated rings. The maximum atomic E-state index is 6.49. The highest BCUT2D eigenvalue weighted by atomic mass is 16.3. The SMILES string of the molecule is CC1(C)c2ccccc2-c2cc3c4ccccc4n(-c4ccc(-c5nc(-c6ccccc6)cc(-c6ccccc6)n5)cc4)c3cc21.c1ccc(-c2ccc(-c3cc(-c4ccc(-c5ccccc5)cc4)nc(-n4c5ccccc5c5ccccc54)n3)cc2)cc1.c1ccc(-c2nc(-c3ccccc3)nc(-c3cccc(-n4c5ccccc5c5c6oc7ccccc7c6ccc54)c3)n2)cc1. The van der Waals surface area contributed by atoms with Gasteiger partial charge in [-0.25, -0.2) is 34.9 Å². The van der Waals surface area contributed by atoms with Crippen LogP contribution in [-0.2, 0) is 5.41 Å². The van der Waals surface area contributed by atoms with Crippen molar-refractivity contribution in [3.05, 3.63) is 472 Å². The molecule has 18 aromatic carbocycles. The van der Waals surface area contributed by atoms with Crippen molar-refractivity contribution in [3.63, 3.8) is 0 Å². The summed E-state index contributed by atoms with van der Waals surface area (Å²) in [7, 11) is 0. The van der Waals surface area contributed by atoms with E-state index in [0.717, 1.165) is 133 Å². The monoisotopic (exact) mass is 1700 g/mol. The molecule has 11 heteroatoms. The van der Waals surface area contributed by atoms with Gasteiger partial charge in [0.1, 0.15) is 11.2 Å². The third-order valence-electron chi connectivity index (χ3n) is 25.9. The summed E-state index contributed by atoms with van der Waals surface area (Å²) in [6.45, 7) is 4.69. The van der Waals surface area contributed by atoms with Crippen molar-refractivity contribution in [2.75, 3.05) is 0 Å². The van der Waals surface area contributed by atoms with Crippen LogP contribution in [0.3, 0.4) is 0 Å². The molecule has 0 N–H and O–H groups in total. The molecule has 0 unspecified atom stereocenters. The Bertz CT molecular complexity index is 8460. The van der Waals surface area contributed by atoms with E-state index in [2.05, 4.69) is 392 Å². The van der Waals surface area contributed by atoms with Crippen molar-refractivity contribution in [1.29, 1.82) is 0 Å². The van der Waals surface area contributed by atoms with Gasteiger partial charge in [0.05, 0.1) is 61.3 Å². The van der Waals surface area contributed by atoms with E-state index in [-0.39, 0.29) is 5.41 Å². The molecule has 626 valence electrons. The van der Waals surface area contributed by atoms with Gasteiger partial charge in [-0.1, -0.05) is 372 Å². The average molecular weight is 1700 g/mol. The second kappa shape index (κ2) is 33.2. The Hall–Kier alpha value is -17.7. The molecular weight excluding hydrogens is 1620 g/mol. The highest BCUT2D eigenvalue weighted by Crippen LogP contribution is 2.52. The summed E-state index contributed by atoms with van der Waals surface area (Å²) in [5.41, 5.74) is 32.5. The van der Waals surface area contributed by atoms with E-state index in [1.807, 2.05) is 97.1 Å². The third kappa shape index (κ3) is 14.3. The number of aromatic nitrogens is 10. The van der Waals surface area contributed by atoms with Gasteiger partial charge in [0.25, 0.3) is 0 Å². The molecule has 0 amide bonds. The summed E-state index contributed by atoms with van der Waals surface area (Å²) < 4.78 is 13.4. The van der Waals surface area contributed by atoms with Gasteiger partial charge in [-0.2, -0.15) is 0 Å². The number of benzene rings is 18. The molecule has 7 heterocycles.